The lowest BCUT2D eigenvalue weighted by atomic mass is 10.2. The van der Waals surface area contributed by atoms with Gasteiger partial charge in [-0.15, -0.1) is 0 Å². The van der Waals surface area contributed by atoms with E-state index >= 15 is 0 Å². The Morgan fingerprint density at radius 3 is 2.92 bits per heavy atom. The Hall–Kier alpha value is -0.610. The van der Waals surface area contributed by atoms with Crippen LogP contribution in [0, 0.1) is 0 Å². The van der Waals surface area contributed by atoms with E-state index in [-0.39, 0.29) is 12.1 Å². The Balaban J connectivity index is 2.39. The van der Waals surface area contributed by atoms with Gasteiger partial charge >= 0.3 is 12.4 Å². The molecule has 0 saturated carbocycles. The lowest BCUT2D eigenvalue weighted by Crippen LogP contribution is -2.36. The van der Waals surface area contributed by atoms with Gasteiger partial charge in [-0.1, -0.05) is 6.92 Å². The number of esters is 1. The molecule has 0 N–H and O–H groups in total. The number of cyclic esters (lactones) is 1. The smallest absolute Gasteiger partial charge is 0.318 e. The fraction of sp³-hybridized carbons (Fsp3) is 0.875. The lowest BCUT2D eigenvalue weighted by Gasteiger charge is -2.27. The SMILES string of the molecule is CCOC1OC(=O)C[C@@H](CC)O1. The van der Waals surface area contributed by atoms with Crippen LogP contribution in [0.5, 0.6) is 0 Å². The van der Waals surface area contributed by atoms with Crippen LogP contribution in [0.25, 0.3) is 0 Å². The highest BCUT2D eigenvalue weighted by molar-refractivity contribution is 5.70. The number of hydrogen-bond donors (Lipinski definition) is 0. The van der Waals surface area contributed by atoms with Gasteiger partial charge in [0, 0.05) is 0 Å². The van der Waals surface area contributed by atoms with E-state index in [2.05, 4.69) is 0 Å². The van der Waals surface area contributed by atoms with Gasteiger partial charge in [0.1, 0.15) is 0 Å². The molecule has 1 unspecified atom stereocenters. The second-order valence-corrected chi connectivity index (χ2v) is 2.60. The summed E-state index contributed by atoms with van der Waals surface area (Å²) in [6.07, 6.45) is 1.08. The lowest BCUT2D eigenvalue weighted by molar-refractivity contribution is -0.308. The summed E-state index contributed by atoms with van der Waals surface area (Å²) in [7, 11) is 0. The molecule has 0 bridgehead atoms. The van der Waals surface area contributed by atoms with Crippen LogP contribution in [0.15, 0.2) is 0 Å². The third-order valence-corrected chi connectivity index (χ3v) is 1.68. The molecule has 1 aliphatic heterocycles. The topological polar surface area (TPSA) is 44.8 Å². The summed E-state index contributed by atoms with van der Waals surface area (Å²) in [5.74, 6) is -0.244. The first-order chi connectivity index (χ1) is 5.76. The minimum atomic E-state index is -0.791. The molecule has 4 nitrogen and oxygen atoms in total. The van der Waals surface area contributed by atoms with Crippen LogP contribution in [-0.2, 0) is 19.0 Å². The number of hydrogen-bond acceptors (Lipinski definition) is 4. The summed E-state index contributed by atoms with van der Waals surface area (Å²) < 4.78 is 15.1. The zero-order valence-corrected chi connectivity index (χ0v) is 7.41. The molecular weight excluding hydrogens is 160 g/mol. The van der Waals surface area contributed by atoms with E-state index in [1.807, 2.05) is 13.8 Å². The van der Waals surface area contributed by atoms with Crippen LogP contribution in [0.1, 0.15) is 26.7 Å². The van der Waals surface area contributed by atoms with Crippen molar-refractivity contribution in [2.45, 2.75) is 39.3 Å². The largest absolute Gasteiger partial charge is 0.410 e. The quantitative estimate of drug-likeness (QED) is 0.600. The van der Waals surface area contributed by atoms with Gasteiger partial charge in [0.2, 0.25) is 0 Å². The van der Waals surface area contributed by atoms with Crippen LogP contribution in [0.2, 0.25) is 0 Å². The molecule has 0 aromatic rings. The van der Waals surface area contributed by atoms with E-state index in [0.29, 0.717) is 13.0 Å². The third kappa shape index (κ3) is 2.46. The molecule has 1 fully saturated rings. The maximum absolute atomic E-state index is 10.9. The second-order valence-electron chi connectivity index (χ2n) is 2.60. The monoisotopic (exact) mass is 174 g/mol. The third-order valence-electron chi connectivity index (χ3n) is 1.68. The van der Waals surface area contributed by atoms with Crippen molar-refractivity contribution in [3.05, 3.63) is 0 Å². The minimum absolute atomic E-state index is 0.0530. The molecule has 12 heavy (non-hydrogen) atoms. The highest BCUT2D eigenvalue weighted by Gasteiger charge is 2.27. The Bertz CT molecular complexity index is 157. The second kappa shape index (κ2) is 4.42. The first kappa shape index (κ1) is 9.48. The van der Waals surface area contributed by atoms with Gasteiger partial charge in [0.15, 0.2) is 0 Å². The van der Waals surface area contributed by atoms with Gasteiger partial charge in [0.25, 0.3) is 0 Å². The highest BCUT2D eigenvalue weighted by Crippen LogP contribution is 2.16. The Morgan fingerprint density at radius 1 is 1.58 bits per heavy atom. The van der Waals surface area contributed by atoms with Crippen molar-refractivity contribution < 1.29 is 19.0 Å². The van der Waals surface area contributed by atoms with Gasteiger partial charge < -0.3 is 14.2 Å². The van der Waals surface area contributed by atoms with Crippen molar-refractivity contribution >= 4 is 5.97 Å². The maximum Gasteiger partial charge on any atom is 0.318 e. The zero-order valence-electron chi connectivity index (χ0n) is 7.41. The van der Waals surface area contributed by atoms with Crippen molar-refractivity contribution in [3.63, 3.8) is 0 Å². The van der Waals surface area contributed by atoms with Crippen LogP contribution < -0.4 is 0 Å². The van der Waals surface area contributed by atoms with E-state index in [4.69, 9.17) is 14.2 Å². The van der Waals surface area contributed by atoms with Crippen LogP contribution in [-0.4, -0.2) is 25.2 Å². The average Bonchev–Trinajstić information content (AvgIpc) is 2.04. The van der Waals surface area contributed by atoms with Gasteiger partial charge in [0.05, 0.1) is 19.1 Å². The molecule has 4 heteroatoms. The van der Waals surface area contributed by atoms with Gasteiger partial charge in [-0.05, 0) is 13.3 Å². The highest BCUT2D eigenvalue weighted by atomic mass is 16.9. The van der Waals surface area contributed by atoms with Crippen molar-refractivity contribution in [3.8, 4) is 0 Å². The molecule has 1 heterocycles. The molecule has 2 atom stereocenters. The van der Waals surface area contributed by atoms with E-state index in [1.165, 1.54) is 0 Å². The van der Waals surface area contributed by atoms with Gasteiger partial charge in [-0.2, -0.15) is 0 Å². The van der Waals surface area contributed by atoms with E-state index in [0.717, 1.165) is 6.42 Å². The van der Waals surface area contributed by atoms with Crippen LogP contribution >= 0.6 is 0 Å². The number of carbonyl (C=O) groups is 1. The summed E-state index contributed by atoms with van der Waals surface area (Å²) in [6, 6.07) is 0. The first-order valence-corrected chi connectivity index (χ1v) is 4.22. The predicted molar refractivity (Wildman–Crippen MR) is 41.3 cm³/mol. The molecule has 0 radical (unpaired) electrons. The standard InChI is InChI=1S/C8H14O4/c1-3-6-5-7(9)12-8(11-6)10-4-2/h6,8H,3-5H2,1-2H3/t6-,8?/m1/s1. The number of rotatable bonds is 3. The van der Waals surface area contributed by atoms with Crippen LogP contribution in [0.3, 0.4) is 0 Å². The number of ether oxygens (including phenoxy) is 3. The summed E-state index contributed by atoms with van der Waals surface area (Å²) in [5.41, 5.74) is 0. The van der Waals surface area contributed by atoms with E-state index in [9.17, 15) is 4.79 Å². The predicted octanol–water partition coefficient (Wildman–Crippen LogP) is 1.05. The van der Waals surface area contributed by atoms with Crippen molar-refractivity contribution in [2.24, 2.45) is 0 Å². The Morgan fingerprint density at radius 2 is 2.33 bits per heavy atom. The van der Waals surface area contributed by atoms with Gasteiger partial charge in [-0.3, -0.25) is 4.79 Å². The molecule has 0 aromatic carbocycles. The first-order valence-electron chi connectivity index (χ1n) is 4.22. The van der Waals surface area contributed by atoms with E-state index < -0.39 is 6.48 Å². The normalized spacial score (nSPS) is 30.0. The summed E-state index contributed by atoms with van der Waals surface area (Å²) in [4.78, 5) is 10.9. The summed E-state index contributed by atoms with van der Waals surface area (Å²) in [5, 5.41) is 0. The number of carbonyl (C=O) groups excluding carboxylic acids is 1. The summed E-state index contributed by atoms with van der Waals surface area (Å²) in [6.45, 7) is 3.48. The molecule has 0 aliphatic carbocycles. The molecule has 0 aromatic heterocycles. The Labute approximate surface area is 71.8 Å². The zero-order chi connectivity index (χ0) is 8.97. The minimum Gasteiger partial charge on any atom is -0.410 e. The van der Waals surface area contributed by atoms with E-state index in [1.54, 1.807) is 0 Å². The Kier molecular flexibility index (Phi) is 3.49. The van der Waals surface area contributed by atoms with Crippen LogP contribution in [0.4, 0.5) is 0 Å². The molecule has 70 valence electrons. The van der Waals surface area contributed by atoms with Crippen molar-refractivity contribution in [1.29, 1.82) is 0 Å². The van der Waals surface area contributed by atoms with Crippen molar-refractivity contribution in [2.75, 3.05) is 6.61 Å². The molecule has 1 aliphatic rings. The maximum atomic E-state index is 10.9. The average molecular weight is 174 g/mol. The fourth-order valence-electron chi connectivity index (χ4n) is 1.02. The molecule has 0 amide bonds. The molecular formula is C8H14O4. The molecule has 0 spiro atoms. The molecule has 1 rings (SSSR count). The van der Waals surface area contributed by atoms with Crippen molar-refractivity contribution in [1.82, 2.24) is 0 Å². The summed E-state index contributed by atoms with van der Waals surface area (Å²) >= 11 is 0. The molecule has 1 saturated heterocycles. The fourth-order valence-corrected chi connectivity index (χ4v) is 1.02. The van der Waals surface area contributed by atoms with Gasteiger partial charge in [-0.25, -0.2) is 0 Å².